The Balaban J connectivity index is 1.76. The third-order valence-corrected chi connectivity index (χ3v) is 6.54. The standard InChI is InChI=1S/C29H30N2O6/c1-17-26(27(34)19-7-10-21(35-5)11-8-19)23-13-14-25(36-6)30-28(23)31(17)16-20-9-12-22(15-24(20)33)37-29(3,4)18(2)32/h7-15,33H,16H2,1-6H3. The molecule has 0 aliphatic heterocycles. The van der Waals surface area contributed by atoms with Crippen LogP contribution in [0.5, 0.6) is 23.1 Å². The zero-order valence-corrected chi connectivity index (χ0v) is 21.8. The number of phenolic OH excluding ortho intramolecular Hbond substituents is 1. The molecule has 192 valence electrons. The molecule has 2 aromatic carbocycles. The van der Waals surface area contributed by atoms with E-state index >= 15 is 0 Å². The predicted octanol–water partition coefficient (Wildman–Crippen LogP) is 5.09. The third kappa shape index (κ3) is 5.00. The number of methoxy groups -OCH3 is 2. The van der Waals surface area contributed by atoms with Crippen molar-refractivity contribution in [1.29, 1.82) is 0 Å². The lowest BCUT2D eigenvalue weighted by atomic mass is 10.0. The highest BCUT2D eigenvalue weighted by molar-refractivity contribution is 6.17. The predicted molar refractivity (Wildman–Crippen MR) is 140 cm³/mol. The van der Waals surface area contributed by atoms with Crippen molar-refractivity contribution in [3.05, 3.63) is 77.0 Å². The molecule has 0 aliphatic rings. The summed E-state index contributed by atoms with van der Waals surface area (Å²) in [5, 5.41) is 11.5. The number of ether oxygens (including phenoxy) is 3. The number of nitrogens with zero attached hydrogens (tertiary/aromatic N) is 2. The number of phenols is 1. The first-order valence-electron chi connectivity index (χ1n) is 11.8. The maximum Gasteiger partial charge on any atom is 0.214 e. The van der Waals surface area contributed by atoms with Crippen LogP contribution in [0.3, 0.4) is 0 Å². The molecule has 0 aliphatic carbocycles. The second kappa shape index (κ2) is 9.97. The van der Waals surface area contributed by atoms with E-state index < -0.39 is 5.60 Å². The number of carbonyl (C=O) groups excluding carboxylic acids is 2. The van der Waals surface area contributed by atoms with E-state index in [9.17, 15) is 14.7 Å². The van der Waals surface area contributed by atoms with Crippen LogP contribution < -0.4 is 14.2 Å². The zero-order chi connectivity index (χ0) is 26.9. The Morgan fingerprint density at radius 1 is 0.973 bits per heavy atom. The summed E-state index contributed by atoms with van der Waals surface area (Å²) in [6, 6.07) is 15.4. The summed E-state index contributed by atoms with van der Waals surface area (Å²) in [6.45, 7) is 6.92. The molecule has 8 heteroatoms. The number of fused-ring (bicyclic) bond motifs is 1. The van der Waals surface area contributed by atoms with Crippen molar-refractivity contribution in [3.63, 3.8) is 0 Å². The highest BCUT2D eigenvalue weighted by Gasteiger charge is 2.27. The highest BCUT2D eigenvalue weighted by atomic mass is 16.5. The number of hydrogen-bond donors (Lipinski definition) is 1. The molecular formula is C29H30N2O6. The van der Waals surface area contributed by atoms with Gasteiger partial charge in [0.25, 0.3) is 0 Å². The summed E-state index contributed by atoms with van der Waals surface area (Å²) >= 11 is 0. The first-order valence-corrected chi connectivity index (χ1v) is 11.8. The SMILES string of the molecule is COc1ccc(C(=O)c2c(C)n(Cc3ccc(OC(C)(C)C(C)=O)cc3O)c3nc(OC)ccc23)cc1. The van der Waals surface area contributed by atoms with Gasteiger partial charge in [-0.05, 0) is 70.2 Å². The van der Waals surface area contributed by atoms with E-state index in [4.69, 9.17) is 14.2 Å². The highest BCUT2D eigenvalue weighted by Crippen LogP contribution is 2.33. The topological polar surface area (TPSA) is 99.9 Å². The van der Waals surface area contributed by atoms with Gasteiger partial charge in [-0.1, -0.05) is 0 Å². The molecule has 0 radical (unpaired) electrons. The average Bonchev–Trinajstić information content (AvgIpc) is 3.15. The van der Waals surface area contributed by atoms with Gasteiger partial charge in [-0.3, -0.25) is 9.59 Å². The summed E-state index contributed by atoms with van der Waals surface area (Å²) < 4.78 is 18.2. The maximum absolute atomic E-state index is 13.6. The fourth-order valence-corrected chi connectivity index (χ4v) is 4.08. The number of benzene rings is 2. The molecule has 37 heavy (non-hydrogen) atoms. The molecule has 2 aromatic heterocycles. The summed E-state index contributed by atoms with van der Waals surface area (Å²) in [4.78, 5) is 30.0. The van der Waals surface area contributed by atoms with Crippen molar-refractivity contribution in [2.45, 2.75) is 39.8 Å². The second-order valence-corrected chi connectivity index (χ2v) is 9.29. The normalized spacial score (nSPS) is 11.4. The lowest BCUT2D eigenvalue weighted by molar-refractivity contribution is -0.129. The molecule has 0 spiro atoms. The van der Waals surface area contributed by atoms with E-state index in [1.165, 1.54) is 20.1 Å². The molecular weight excluding hydrogens is 472 g/mol. The second-order valence-electron chi connectivity index (χ2n) is 9.29. The lowest BCUT2D eigenvalue weighted by Crippen LogP contribution is -2.36. The first kappa shape index (κ1) is 25.8. The largest absolute Gasteiger partial charge is 0.507 e. The minimum Gasteiger partial charge on any atom is -0.507 e. The number of aromatic nitrogens is 2. The van der Waals surface area contributed by atoms with E-state index in [-0.39, 0.29) is 23.9 Å². The average molecular weight is 503 g/mol. The van der Waals surface area contributed by atoms with E-state index in [0.717, 1.165) is 0 Å². The van der Waals surface area contributed by atoms with Crippen LogP contribution in [0, 0.1) is 6.92 Å². The third-order valence-electron chi connectivity index (χ3n) is 6.54. The summed E-state index contributed by atoms with van der Waals surface area (Å²) in [5.74, 6) is 1.19. The van der Waals surface area contributed by atoms with Crippen LogP contribution in [0.15, 0.2) is 54.6 Å². The number of rotatable bonds is 9. The number of hydrogen-bond acceptors (Lipinski definition) is 7. The van der Waals surface area contributed by atoms with Crippen LogP contribution in [0.25, 0.3) is 11.0 Å². The van der Waals surface area contributed by atoms with E-state index in [2.05, 4.69) is 4.98 Å². The Kier molecular flexibility index (Phi) is 6.94. The molecule has 0 bridgehead atoms. The first-order chi connectivity index (χ1) is 17.6. The van der Waals surface area contributed by atoms with Gasteiger partial charge in [0.05, 0.1) is 26.3 Å². The molecule has 2 heterocycles. The fraction of sp³-hybridized carbons (Fsp3) is 0.276. The van der Waals surface area contributed by atoms with Gasteiger partial charge in [0.2, 0.25) is 5.88 Å². The van der Waals surface area contributed by atoms with Crippen LogP contribution in [-0.4, -0.2) is 46.0 Å². The van der Waals surface area contributed by atoms with Crippen LogP contribution in [0.4, 0.5) is 0 Å². The van der Waals surface area contributed by atoms with Crippen molar-refractivity contribution in [3.8, 4) is 23.1 Å². The summed E-state index contributed by atoms with van der Waals surface area (Å²) in [7, 11) is 3.11. The molecule has 1 N–H and O–H groups in total. The van der Waals surface area contributed by atoms with Gasteiger partial charge in [-0.25, -0.2) is 0 Å². The summed E-state index contributed by atoms with van der Waals surface area (Å²) in [6.07, 6.45) is 0. The van der Waals surface area contributed by atoms with Crippen LogP contribution >= 0.6 is 0 Å². The lowest BCUT2D eigenvalue weighted by Gasteiger charge is -2.23. The fourth-order valence-electron chi connectivity index (χ4n) is 4.08. The minimum absolute atomic E-state index is 0.00373. The van der Waals surface area contributed by atoms with Gasteiger partial charge in [-0.15, -0.1) is 0 Å². The van der Waals surface area contributed by atoms with Gasteiger partial charge >= 0.3 is 0 Å². The van der Waals surface area contributed by atoms with Crippen molar-refractivity contribution < 1.29 is 28.9 Å². The molecule has 0 atom stereocenters. The Morgan fingerprint density at radius 3 is 2.24 bits per heavy atom. The Morgan fingerprint density at radius 2 is 1.65 bits per heavy atom. The quantitative estimate of drug-likeness (QED) is 0.318. The number of ketones is 2. The van der Waals surface area contributed by atoms with Crippen LogP contribution in [-0.2, 0) is 11.3 Å². The molecule has 8 nitrogen and oxygen atoms in total. The van der Waals surface area contributed by atoms with Crippen molar-refractivity contribution in [2.75, 3.05) is 14.2 Å². The molecule has 0 fully saturated rings. The van der Waals surface area contributed by atoms with Crippen molar-refractivity contribution in [1.82, 2.24) is 9.55 Å². The van der Waals surface area contributed by atoms with Gasteiger partial charge in [-0.2, -0.15) is 4.98 Å². The number of pyridine rings is 1. The minimum atomic E-state index is -1.02. The van der Waals surface area contributed by atoms with Gasteiger partial charge in [0.1, 0.15) is 22.9 Å². The number of carbonyl (C=O) groups is 2. The zero-order valence-electron chi connectivity index (χ0n) is 21.8. The molecule has 0 saturated heterocycles. The smallest absolute Gasteiger partial charge is 0.214 e. The van der Waals surface area contributed by atoms with Gasteiger partial charge in [0, 0.05) is 34.3 Å². The monoisotopic (exact) mass is 502 g/mol. The molecule has 4 rings (SSSR count). The molecule has 0 saturated carbocycles. The Hall–Kier alpha value is -4.33. The van der Waals surface area contributed by atoms with E-state index in [0.29, 0.717) is 50.8 Å². The number of aromatic hydroxyl groups is 1. The summed E-state index contributed by atoms with van der Waals surface area (Å²) in [5.41, 5.74) is 1.90. The molecule has 4 aromatic rings. The van der Waals surface area contributed by atoms with Gasteiger partial charge in [0.15, 0.2) is 17.2 Å². The maximum atomic E-state index is 13.6. The van der Waals surface area contributed by atoms with E-state index in [1.807, 2.05) is 17.6 Å². The molecule has 0 unspecified atom stereocenters. The number of Topliss-reactive ketones (excluding diaryl/α,β-unsaturated/α-hetero) is 1. The molecule has 0 amide bonds. The van der Waals surface area contributed by atoms with Crippen LogP contribution in [0.1, 0.15) is 48.0 Å². The van der Waals surface area contributed by atoms with Gasteiger partial charge < -0.3 is 23.9 Å². The van der Waals surface area contributed by atoms with E-state index in [1.54, 1.807) is 63.4 Å². The Labute approximate surface area is 215 Å². The van der Waals surface area contributed by atoms with Crippen molar-refractivity contribution in [2.24, 2.45) is 0 Å². The van der Waals surface area contributed by atoms with Crippen molar-refractivity contribution >= 4 is 22.6 Å². The Bertz CT molecular complexity index is 1480. The van der Waals surface area contributed by atoms with Crippen LogP contribution in [0.2, 0.25) is 0 Å².